The van der Waals surface area contributed by atoms with Crippen LogP contribution in [0.3, 0.4) is 0 Å². The van der Waals surface area contributed by atoms with Gasteiger partial charge < -0.3 is 0 Å². The van der Waals surface area contributed by atoms with E-state index < -0.39 is 17.8 Å². The van der Waals surface area contributed by atoms with Crippen molar-refractivity contribution in [2.45, 2.75) is 45.4 Å². The molecule has 0 aromatic heterocycles. The topological polar surface area (TPSA) is 95.2 Å². The lowest BCUT2D eigenvalue weighted by Gasteiger charge is -2.43. The highest BCUT2D eigenvalue weighted by molar-refractivity contribution is 5.14. The first-order valence-corrected chi connectivity index (χ1v) is 8.23. The molecule has 2 unspecified atom stereocenters. The molecule has 0 aromatic carbocycles. The fourth-order valence-corrected chi connectivity index (χ4v) is 4.73. The molecule has 22 heavy (non-hydrogen) atoms. The first-order valence-electron chi connectivity index (χ1n) is 8.23. The molecular weight excluding hydrogens is 272 g/mol. The highest BCUT2D eigenvalue weighted by atomic mass is 14.5. The van der Waals surface area contributed by atoms with Crippen molar-refractivity contribution < 1.29 is 0 Å². The van der Waals surface area contributed by atoms with E-state index in [0.29, 0.717) is 11.8 Å². The molecule has 4 nitrogen and oxygen atoms in total. The summed E-state index contributed by atoms with van der Waals surface area (Å²) in [6.07, 6.45) is 6.80. The van der Waals surface area contributed by atoms with E-state index in [9.17, 15) is 21.0 Å². The lowest BCUT2D eigenvalue weighted by molar-refractivity contribution is 0.0702. The van der Waals surface area contributed by atoms with Gasteiger partial charge in [0.25, 0.3) is 0 Å². The van der Waals surface area contributed by atoms with E-state index in [1.807, 2.05) is 24.3 Å². The minimum Gasteiger partial charge on any atom is -0.197 e. The second-order valence-electron chi connectivity index (χ2n) is 7.07. The van der Waals surface area contributed by atoms with Crippen LogP contribution in [0.15, 0.2) is 0 Å². The molecule has 3 aliphatic rings. The maximum atomic E-state index is 9.34. The van der Waals surface area contributed by atoms with Crippen LogP contribution in [0.25, 0.3) is 0 Å². The maximum Gasteiger partial charge on any atom is 0.138 e. The molecule has 114 valence electrons. The van der Waals surface area contributed by atoms with Crippen molar-refractivity contribution >= 4 is 0 Å². The van der Waals surface area contributed by atoms with E-state index in [4.69, 9.17) is 0 Å². The number of hydrogen-bond donors (Lipinski definition) is 0. The van der Waals surface area contributed by atoms with Crippen molar-refractivity contribution in [1.29, 1.82) is 21.0 Å². The van der Waals surface area contributed by atoms with Gasteiger partial charge in [0, 0.05) is 5.92 Å². The zero-order valence-corrected chi connectivity index (χ0v) is 13.1. The summed E-state index contributed by atoms with van der Waals surface area (Å²) in [7, 11) is 0. The Balaban J connectivity index is 2.36. The monoisotopic (exact) mass is 294 g/mol. The van der Waals surface area contributed by atoms with E-state index in [2.05, 4.69) is 6.92 Å². The predicted octanol–water partition coefficient (Wildman–Crippen LogP) is 3.78. The van der Waals surface area contributed by atoms with Gasteiger partial charge in [-0.25, -0.2) is 0 Å². The van der Waals surface area contributed by atoms with Gasteiger partial charge in [-0.3, -0.25) is 0 Å². The van der Waals surface area contributed by atoms with Crippen molar-refractivity contribution in [2.24, 2.45) is 41.4 Å². The summed E-state index contributed by atoms with van der Waals surface area (Å²) in [6.45, 7) is 2.23. The Labute approximate surface area is 133 Å². The molecule has 4 heteroatoms. The highest BCUT2D eigenvalue weighted by Gasteiger charge is 2.43. The van der Waals surface area contributed by atoms with Gasteiger partial charge in [0.15, 0.2) is 0 Å². The SMILES string of the molecule is CC1CC2CCC(CC2)C(C(C(C#N)C#N)C(C#N)C#N)C1. The molecule has 0 N–H and O–H groups in total. The Morgan fingerprint density at radius 2 is 1.27 bits per heavy atom. The van der Waals surface area contributed by atoms with Gasteiger partial charge in [0.05, 0.1) is 24.3 Å². The summed E-state index contributed by atoms with van der Waals surface area (Å²) in [6, 6.07) is 8.17. The zero-order chi connectivity index (χ0) is 16.1. The number of nitrogens with zero attached hydrogens (tertiary/aromatic N) is 4. The standard InChI is InChI=1S/C18H22N4/c1-12-6-13-2-4-14(5-3-13)17(7-12)18(15(8-19)9-20)16(10-21)11-22/h12-18H,2-7H2,1H3. The fraction of sp³-hybridized carbons (Fsp3) is 0.778. The second kappa shape index (κ2) is 7.29. The third-order valence-corrected chi connectivity index (χ3v) is 5.73. The second-order valence-corrected chi connectivity index (χ2v) is 7.07. The van der Waals surface area contributed by atoms with E-state index in [1.54, 1.807) is 0 Å². The average Bonchev–Trinajstić information content (AvgIpc) is 2.52. The first-order chi connectivity index (χ1) is 10.6. The van der Waals surface area contributed by atoms with Gasteiger partial charge >= 0.3 is 0 Å². The van der Waals surface area contributed by atoms with Crippen LogP contribution in [0.4, 0.5) is 0 Å². The Hall–Kier alpha value is -2.04. The average molecular weight is 294 g/mol. The number of rotatable bonds is 3. The van der Waals surface area contributed by atoms with Crippen LogP contribution in [-0.2, 0) is 0 Å². The molecule has 0 spiro atoms. The summed E-state index contributed by atoms with van der Waals surface area (Å²) in [5, 5.41) is 37.3. The Bertz CT molecular complexity index is 488. The van der Waals surface area contributed by atoms with Gasteiger partial charge in [-0.2, -0.15) is 21.0 Å². The van der Waals surface area contributed by atoms with E-state index in [0.717, 1.165) is 25.2 Å². The molecule has 2 bridgehead atoms. The Morgan fingerprint density at radius 1 is 0.773 bits per heavy atom. The molecule has 2 atom stereocenters. The number of nitriles is 4. The third kappa shape index (κ3) is 3.24. The van der Waals surface area contributed by atoms with Crippen LogP contribution in [-0.4, -0.2) is 0 Å². The lowest BCUT2D eigenvalue weighted by Crippen LogP contribution is -2.38. The van der Waals surface area contributed by atoms with E-state index >= 15 is 0 Å². The summed E-state index contributed by atoms with van der Waals surface area (Å²) in [5.41, 5.74) is 0. The van der Waals surface area contributed by atoms with Gasteiger partial charge in [-0.1, -0.05) is 19.8 Å². The third-order valence-electron chi connectivity index (χ3n) is 5.73. The molecule has 0 radical (unpaired) electrons. The molecule has 0 saturated heterocycles. The molecule has 0 amide bonds. The van der Waals surface area contributed by atoms with Crippen molar-refractivity contribution in [3.63, 3.8) is 0 Å². The summed E-state index contributed by atoms with van der Waals surface area (Å²) < 4.78 is 0. The van der Waals surface area contributed by atoms with Crippen molar-refractivity contribution in [2.75, 3.05) is 0 Å². The molecule has 3 fully saturated rings. The van der Waals surface area contributed by atoms with Gasteiger partial charge in [0.2, 0.25) is 0 Å². The molecule has 3 saturated carbocycles. The van der Waals surface area contributed by atoms with Crippen LogP contribution in [0.1, 0.15) is 45.4 Å². The maximum absolute atomic E-state index is 9.34. The summed E-state index contributed by atoms with van der Waals surface area (Å²) in [5.74, 6) is -0.209. The minimum atomic E-state index is -0.862. The zero-order valence-electron chi connectivity index (χ0n) is 13.1. The smallest absolute Gasteiger partial charge is 0.138 e. The van der Waals surface area contributed by atoms with Crippen LogP contribution < -0.4 is 0 Å². The first kappa shape index (κ1) is 16.3. The minimum absolute atomic E-state index is 0.143. The fourth-order valence-electron chi connectivity index (χ4n) is 4.73. The quantitative estimate of drug-likeness (QED) is 0.791. The van der Waals surface area contributed by atoms with Crippen LogP contribution in [0.2, 0.25) is 0 Å². The molecular formula is C18H22N4. The Kier molecular flexibility index (Phi) is 5.41. The van der Waals surface area contributed by atoms with Crippen LogP contribution in [0.5, 0.6) is 0 Å². The Morgan fingerprint density at radius 3 is 1.73 bits per heavy atom. The lowest BCUT2D eigenvalue weighted by atomic mass is 9.60. The van der Waals surface area contributed by atoms with Crippen LogP contribution >= 0.6 is 0 Å². The highest BCUT2D eigenvalue weighted by Crippen LogP contribution is 2.48. The number of hydrogen-bond acceptors (Lipinski definition) is 4. The van der Waals surface area contributed by atoms with E-state index in [-0.39, 0.29) is 5.92 Å². The van der Waals surface area contributed by atoms with E-state index in [1.165, 1.54) is 19.3 Å². The molecule has 0 heterocycles. The molecule has 0 aliphatic heterocycles. The van der Waals surface area contributed by atoms with Crippen molar-refractivity contribution in [3.05, 3.63) is 0 Å². The van der Waals surface area contributed by atoms with Crippen LogP contribution in [0, 0.1) is 86.7 Å². The van der Waals surface area contributed by atoms with Gasteiger partial charge in [-0.15, -0.1) is 0 Å². The molecule has 0 aromatic rings. The van der Waals surface area contributed by atoms with Crippen molar-refractivity contribution in [3.8, 4) is 24.3 Å². The normalized spacial score (nSPS) is 30.9. The largest absolute Gasteiger partial charge is 0.197 e. The summed E-state index contributed by atoms with van der Waals surface area (Å²) in [4.78, 5) is 0. The summed E-state index contributed by atoms with van der Waals surface area (Å²) >= 11 is 0. The van der Waals surface area contributed by atoms with Crippen molar-refractivity contribution in [1.82, 2.24) is 0 Å². The molecule has 3 rings (SSSR count). The van der Waals surface area contributed by atoms with Gasteiger partial charge in [-0.05, 0) is 49.4 Å². The predicted molar refractivity (Wildman–Crippen MR) is 80.3 cm³/mol. The molecule has 3 aliphatic carbocycles. The van der Waals surface area contributed by atoms with Gasteiger partial charge in [0.1, 0.15) is 11.8 Å². The number of fused-ring (bicyclic) bond motifs is 5.